The fourth-order valence-corrected chi connectivity index (χ4v) is 1.25. The minimum atomic E-state index is 0.0850. The first kappa shape index (κ1) is 10.0. The molecule has 4 N–H and O–H groups in total. The van der Waals surface area contributed by atoms with Gasteiger partial charge < -0.3 is 16.2 Å². The predicted octanol–water partition coefficient (Wildman–Crippen LogP) is 0.785. The van der Waals surface area contributed by atoms with Crippen LogP contribution in [0.2, 0.25) is 0 Å². The average molecular weight is 180 g/mol. The smallest absolute Gasteiger partial charge is 0.0733 e. The zero-order chi connectivity index (χ0) is 9.68. The summed E-state index contributed by atoms with van der Waals surface area (Å²) >= 11 is 0. The summed E-state index contributed by atoms with van der Waals surface area (Å²) in [5, 5.41) is 0. The highest BCUT2D eigenvalue weighted by Gasteiger charge is 2.05. The van der Waals surface area contributed by atoms with E-state index in [-0.39, 0.29) is 6.10 Å². The van der Waals surface area contributed by atoms with E-state index in [1.165, 1.54) is 0 Å². The molecule has 0 saturated heterocycles. The molecule has 1 atom stereocenters. The molecule has 1 aromatic carbocycles. The lowest BCUT2D eigenvalue weighted by Gasteiger charge is -2.12. The Morgan fingerprint density at radius 3 is 2.77 bits per heavy atom. The molecule has 0 bridgehead atoms. The molecule has 1 rings (SSSR count). The third kappa shape index (κ3) is 3.05. The second-order valence-electron chi connectivity index (χ2n) is 3.04. The van der Waals surface area contributed by atoms with Crippen molar-refractivity contribution in [1.82, 2.24) is 0 Å². The van der Waals surface area contributed by atoms with Crippen molar-refractivity contribution in [2.45, 2.75) is 12.5 Å². The minimum absolute atomic E-state index is 0.0850. The molecule has 3 heteroatoms. The van der Waals surface area contributed by atoms with Crippen molar-refractivity contribution in [2.75, 3.05) is 19.4 Å². The largest absolute Gasteiger partial charge is 0.399 e. The second kappa shape index (κ2) is 4.84. The van der Waals surface area contributed by atoms with Gasteiger partial charge in [-0.15, -0.1) is 0 Å². The quantitative estimate of drug-likeness (QED) is 0.673. The molecule has 1 unspecified atom stereocenters. The zero-order valence-corrected chi connectivity index (χ0v) is 7.86. The highest BCUT2D eigenvalue weighted by molar-refractivity contribution is 5.40. The van der Waals surface area contributed by atoms with E-state index < -0.39 is 0 Å². The van der Waals surface area contributed by atoms with Gasteiger partial charge in [-0.1, -0.05) is 12.1 Å². The number of hydrogen-bond acceptors (Lipinski definition) is 3. The number of hydrogen-bond donors (Lipinski definition) is 2. The van der Waals surface area contributed by atoms with E-state index in [0.717, 1.165) is 17.7 Å². The van der Waals surface area contributed by atoms with Gasteiger partial charge >= 0.3 is 0 Å². The molecule has 13 heavy (non-hydrogen) atoms. The number of nitrogens with two attached hydrogens (primary N) is 2. The molecule has 0 fully saturated rings. The van der Waals surface area contributed by atoms with Crippen LogP contribution >= 0.6 is 0 Å². The second-order valence-corrected chi connectivity index (χ2v) is 3.04. The van der Waals surface area contributed by atoms with Crippen LogP contribution in [-0.2, 0) is 11.2 Å². The van der Waals surface area contributed by atoms with Crippen molar-refractivity contribution in [1.29, 1.82) is 0 Å². The van der Waals surface area contributed by atoms with E-state index >= 15 is 0 Å². The molecule has 0 saturated carbocycles. The Bertz CT molecular complexity index is 259. The van der Waals surface area contributed by atoms with E-state index in [0.29, 0.717) is 6.54 Å². The van der Waals surface area contributed by atoms with Crippen molar-refractivity contribution in [3.05, 3.63) is 29.8 Å². The van der Waals surface area contributed by atoms with Crippen LogP contribution in [0.3, 0.4) is 0 Å². The molecular formula is C10H16N2O. The van der Waals surface area contributed by atoms with Crippen molar-refractivity contribution >= 4 is 5.69 Å². The Labute approximate surface area is 78.7 Å². The van der Waals surface area contributed by atoms with Crippen LogP contribution in [0.5, 0.6) is 0 Å². The fourth-order valence-electron chi connectivity index (χ4n) is 1.25. The van der Waals surface area contributed by atoms with E-state index in [1.807, 2.05) is 24.3 Å². The van der Waals surface area contributed by atoms with Crippen LogP contribution in [0, 0.1) is 0 Å². The number of benzene rings is 1. The van der Waals surface area contributed by atoms with Gasteiger partial charge in [0.25, 0.3) is 0 Å². The predicted molar refractivity (Wildman–Crippen MR) is 54.4 cm³/mol. The summed E-state index contributed by atoms with van der Waals surface area (Å²) in [4.78, 5) is 0. The van der Waals surface area contributed by atoms with Gasteiger partial charge in [-0.25, -0.2) is 0 Å². The Balaban J connectivity index is 2.62. The Morgan fingerprint density at radius 2 is 2.23 bits per heavy atom. The number of nitrogen functional groups attached to an aromatic ring is 1. The summed E-state index contributed by atoms with van der Waals surface area (Å²) < 4.78 is 5.18. The summed E-state index contributed by atoms with van der Waals surface area (Å²) in [6.07, 6.45) is 0.902. The zero-order valence-electron chi connectivity index (χ0n) is 7.86. The molecule has 0 heterocycles. The first-order valence-corrected chi connectivity index (χ1v) is 4.33. The summed E-state index contributed by atoms with van der Waals surface area (Å²) in [7, 11) is 1.67. The van der Waals surface area contributed by atoms with Crippen LogP contribution in [0.1, 0.15) is 5.56 Å². The summed E-state index contributed by atoms with van der Waals surface area (Å²) in [5.74, 6) is 0. The number of anilines is 1. The van der Waals surface area contributed by atoms with Gasteiger partial charge in [-0.05, 0) is 24.1 Å². The topological polar surface area (TPSA) is 61.3 Å². The fraction of sp³-hybridized carbons (Fsp3) is 0.400. The van der Waals surface area contributed by atoms with Crippen LogP contribution < -0.4 is 11.5 Å². The van der Waals surface area contributed by atoms with Crippen LogP contribution in [0.25, 0.3) is 0 Å². The van der Waals surface area contributed by atoms with E-state index in [9.17, 15) is 0 Å². The number of ether oxygens (including phenoxy) is 1. The van der Waals surface area contributed by atoms with Gasteiger partial charge in [0.2, 0.25) is 0 Å². The van der Waals surface area contributed by atoms with Gasteiger partial charge in [0, 0.05) is 19.3 Å². The standard InChI is InChI=1S/C10H16N2O/c1-13-10(7-11)6-8-3-2-4-9(12)5-8/h2-5,10H,6-7,11-12H2,1H3. The van der Waals surface area contributed by atoms with E-state index in [1.54, 1.807) is 7.11 Å². The molecular weight excluding hydrogens is 164 g/mol. The summed E-state index contributed by atoms with van der Waals surface area (Å²) in [5.41, 5.74) is 13.1. The Kier molecular flexibility index (Phi) is 3.73. The molecule has 72 valence electrons. The van der Waals surface area contributed by atoms with Gasteiger partial charge in [0.1, 0.15) is 0 Å². The van der Waals surface area contributed by atoms with Crippen LogP contribution in [-0.4, -0.2) is 19.8 Å². The number of rotatable bonds is 4. The van der Waals surface area contributed by atoms with E-state index in [4.69, 9.17) is 16.2 Å². The highest BCUT2D eigenvalue weighted by Crippen LogP contribution is 2.09. The maximum atomic E-state index is 5.65. The summed E-state index contributed by atoms with van der Waals surface area (Å²) in [6, 6.07) is 7.78. The Morgan fingerprint density at radius 1 is 1.46 bits per heavy atom. The van der Waals surface area contributed by atoms with Crippen LogP contribution in [0.15, 0.2) is 24.3 Å². The van der Waals surface area contributed by atoms with Gasteiger partial charge in [-0.3, -0.25) is 0 Å². The van der Waals surface area contributed by atoms with Crippen molar-refractivity contribution < 1.29 is 4.74 Å². The third-order valence-electron chi connectivity index (χ3n) is 2.01. The lowest BCUT2D eigenvalue weighted by molar-refractivity contribution is 0.110. The lowest BCUT2D eigenvalue weighted by atomic mass is 10.1. The highest BCUT2D eigenvalue weighted by atomic mass is 16.5. The van der Waals surface area contributed by atoms with Crippen molar-refractivity contribution in [2.24, 2.45) is 5.73 Å². The van der Waals surface area contributed by atoms with Crippen LogP contribution in [0.4, 0.5) is 5.69 Å². The molecule has 0 spiro atoms. The third-order valence-corrected chi connectivity index (χ3v) is 2.01. The maximum Gasteiger partial charge on any atom is 0.0733 e. The van der Waals surface area contributed by atoms with Crippen molar-refractivity contribution in [3.8, 4) is 0 Å². The van der Waals surface area contributed by atoms with Gasteiger partial charge in [-0.2, -0.15) is 0 Å². The molecule has 0 aliphatic heterocycles. The van der Waals surface area contributed by atoms with E-state index in [2.05, 4.69) is 0 Å². The summed E-state index contributed by atoms with van der Waals surface area (Å²) in [6.45, 7) is 0.533. The lowest BCUT2D eigenvalue weighted by Crippen LogP contribution is -2.24. The molecule has 0 radical (unpaired) electrons. The molecule has 0 aromatic heterocycles. The SMILES string of the molecule is COC(CN)Cc1cccc(N)c1. The van der Waals surface area contributed by atoms with Gasteiger partial charge in [0.05, 0.1) is 6.10 Å². The normalized spacial score (nSPS) is 12.8. The first-order chi connectivity index (χ1) is 6.26. The molecule has 0 aliphatic carbocycles. The van der Waals surface area contributed by atoms with Gasteiger partial charge in [0.15, 0.2) is 0 Å². The first-order valence-electron chi connectivity index (χ1n) is 4.33. The number of methoxy groups -OCH3 is 1. The van der Waals surface area contributed by atoms with Crippen molar-refractivity contribution in [3.63, 3.8) is 0 Å². The maximum absolute atomic E-state index is 5.65. The minimum Gasteiger partial charge on any atom is -0.399 e. The molecule has 3 nitrogen and oxygen atoms in total. The molecule has 0 aliphatic rings. The molecule has 0 amide bonds. The average Bonchev–Trinajstić information content (AvgIpc) is 2.14. The molecule has 1 aromatic rings. The monoisotopic (exact) mass is 180 g/mol. The Hall–Kier alpha value is -1.06.